The van der Waals surface area contributed by atoms with Gasteiger partial charge in [-0.1, -0.05) is 34.1 Å². The Morgan fingerprint density at radius 2 is 2.00 bits per heavy atom. The van der Waals surface area contributed by atoms with Crippen molar-refractivity contribution in [1.29, 1.82) is 0 Å². The smallest absolute Gasteiger partial charge is 0.224 e. The first-order chi connectivity index (χ1) is 10.0. The molecule has 0 saturated carbocycles. The van der Waals surface area contributed by atoms with Crippen molar-refractivity contribution < 1.29 is 9.18 Å². The maximum absolute atomic E-state index is 13.2. The highest BCUT2D eigenvalue weighted by Crippen LogP contribution is 2.36. The summed E-state index contributed by atoms with van der Waals surface area (Å²) in [6.07, 6.45) is 1.28. The summed E-state index contributed by atoms with van der Waals surface area (Å²) in [7, 11) is 0. The van der Waals surface area contributed by atoms with Crippen molar-refractivity contribution in [2.75, 3.05) is 5.32 Å². The van der Waals surface area contributed by atoms with Crippen molar-refractivity contribution in [3.63, 3.8) is 0 Å². The first kappa shape index (κ1) is 15.0. The number of carbonyl (C=O) groups is 1. The van der Waals surface area contributed by atoms with Gasteiger partial charge in [0.05, 0.1) is 4.83 Å². The Morgan fingerprint density at radius 3 is 2.76 bits per heavy atom. The molecule has 2 aromatic carbocycles. The number of benzene rings is 2. The van der Waals surface area contributed by atoms with Gasteiger partial charge < -0.3 is 5.32 Å². The molecule has 1 aliphatic heterocycles. The second-order valence-electron chi connectivity index (χ2n) is 4.99. The number of amides is 1. The number of anilines is 1. The Morgan fingerprint density at radius 1 is 1.19 bits per heavy atom. The van der Waals surface area contributed by atoms with Gasteiger partial charge in [-0.05, 0) is 63.9 Å². The van der Waals surface area contributed by atoms with E-state index in [1.807, 2.05) is 12.1 Å². The highest BCUT2D eigenvalue weighted by Gasteiger charge is 2.19. The molecule has 0 fully saturated rings. The van der Waals surface area contributed by atoms with Gasteiger partial charge in [0.15, 0.2) is 0 Å². The number of hydrogen-bond acceptors (Lipinski definition) is 1. The highest BCUT2D eigenvalue weighted by atomic mass is 127. The first-order valence-electron chi connectivity index (χ1n) is 6.56. The quantitative estimate of drug-likeness (QED) is 0.507. The van der Waals surface area contributed by atoms with E-state index in [9.17, 15) is 9.18 Å². The standard InChI is InChI=1S/C16H12BrFINO/c17-16(12-4-3-11(18)8-13(12)19)10-1-5-14-9(7-10)2-6-15(21)20-14/h1,3-5,7-8,16H,2,6H2,(H,20,21). The van der Waals surface area contributed by atoms with Gasteiger partial charge in [0.25, 0.3) is 0 Å². The van der Waals surface area contributed by atoms with Crippen molar-refractivity contribution in [1.82, 2.24) is 0 Å². The molecular weight excluding hydrogens is 448 g/mol. The molecule has 0 saturated heterocycles. The fourth-order valence-corrected chi connectivity index (χ4v) is 4.35. The zero-order valence-electron chi connectivity index (χ0n) is 11.0. The maximum Gasteiger partial charge on any atom is 0.224 e. The molecule has 0 aromatic heterocycles. The van der Waals surface area contributed by atoms with E-state index in [4.69, 9.17) is 0 Å². The van der Waals surface area contributed by atoms with E-state index in [-0.39, 0.29) is 16.6 Å². The number of rotatable bonds is 2. The highest BCUT2D eigenvalue weighted by molar-refractivity contribution is 14.1. The molecule has 21 heavy (non-hydrogen) atoms. The second-order valence-corrected chi connectivity index (χ2v) is 7.07. The van der Waals surface area contributed by atoms with Gasteiger partial charge in [-0.25, -0.2) is 4.39 Å². The van der Waals surface area contributed by atoms with Crippen molar-refractivity contribution in [3.8, 4) is 0 Å². The van der Waals surface area contributed by atoms with Gasteiger partial charge in [-0.15, -0.1) is 0 Å². The molecule has 0 spiro atoms. The Balaban J connectivity index is 1.95. The zero-order valence-corrected chi connectivity index (χ0v) is 14.7. The summed E-state index contributed by atoms with van der Waals surface area (Å²) in [4.78, 5) is 11.4. The van der Waals surface area contributed by atoms with Gasteiger partial charge in [0, 0.05) is 15.7 Å². The minimum Gasteiger partial charge on any atom is -0.326 e. The van der Waals surface area contributed by atoms with Crippen LogP contribution in [0.3, 0.4) is 0 Å². The summed E-state index contributed by atoms with van der Waals surface area (Å²) in [6, 6.07) is 10.8. The molecule has 0 bridgehead atoms. The maximum atomic E-state index is 13.2. The number of fused-ring (bicyclic) bond motifs is 1. The molecule has 3 rings (SSSR count). The van der Waals surface area contributed by atoms with Crippen molar-refractivity contribution in [2.45, 2.75) is 17.7 Å². The third-order valence-electron chi connectivity index (χ3n) is 3.55. The largest absolute Gasteiger partial charge is 0.326 e. The van der Waals surface area contributed by atoms with Gasteiger partial charge in [0.2, 0.25) is 5.91 Å². The predicted molar refractivity (Wildman–Crippen MR) is 93.3 cm³/mol. The fraction of sp³-hybridized carbons (Fsp3) is 0.188. The second kappa shape index (κ2) is 6.04. The lowest BCUT2D eigenvalue weighted by Gasteiger charge is -2.20. The van der Waals surface area contributed by atoms with Crippen molar-refractivity contribution >= 4 is 50.1 Å². The summed E-state index contributed by atoms with van der Waals surface area (Å²) in [5.74, 6) is -0.158. The van der Waals surface area contributed by atoms with Crippen LogP contribution in [0, 0.1) is 9.39 Å². The lowest BCUT2D eigenvalue weighted by molar-refractivity contribution is -0.116. The van der Waals surface area contributed by atoms with Crippen LogP contribution in [0.2, 0.25) is 0 Å². The molecule has 0 aliphatic carbocycles. The summed E-state index contributed by atoms with van der Waals surface area (Å²) in [5, 5.41) is 2.88. The van der Waals surface area contributed by atoms with Crippen LogP contribution < -0.4 is 5.32 Å². The van der Waals surface area contributed by atoms with Crippen LogP contribution in [0.5, 0.6) is 0 Å². The summed E-state index contributed by atoms with van der Waals surface area (Å²) < 4.78 is 14.1. The van der Waals surface area contributed by atoms with E-state index < -0.39 is 0 Å². The number of alkyl halides is 1. The summed E-state index contributed by atoms with van der Waals surface area (Å²) >= 11 is 5.84. The van der Waals surface area contributed by atoms with Crippen LogP contribution in [-0.2, 0) is 11.2 Å². The molecule has 2 nitrogen and oxygen atoms in total. The Bertz CT molecular complexity index is 719. The Labute approximate surface area is 144 Å². The topological polar surface area (TPSA) is 29.1 Å². The van der Waals surface area contributed by atoms with Crippen LogP contribution >= 0.6 is 38.5 Å². The fourth-order valence-electron chi connectivity index (χ4n) is 2.45. The predicted octanol–water partition coefficient (Wildman–Crippen LogP) is 4.80. The number of carbonyl (C=O) groups excluding carboxylic acids is 1. The lowest BCUT2D eigenvalue weighted by Crippen LogP contribution is -2.19. The number of aryl methyl sites for hydroxylation is 1. The van der Waals surface area contributed by atoms with Crippen LogP contribution in [-0.4, -0.2) is 5.91 Å². The summed E-state index contributed by atoms with van der Waals surface area (Å²) in [5.41, 5.74) is 4.18. The van der Waals surface area contributed by atoms with Crippen LogP contribution in [0.1, 0.15) is 27.9 Å². The van der Waals surface area contributed by atoms with Gasteiger partial charge in [-0.2, -0.15) is 0 Å². The van der Waals surface area contributed by atoms with E-state index in [1.165, 1.54) is 12.1 Å². The molecule has 5 heteroatoms. The Kier molecular flexibility index (Phi) is 4.31. The van der Waals surface area contributed by atoms with Gasteiger partial charge >= 0.3 is 0 Å². The molecule has 1 heterocycles. The van der Waals surface area contributed by atoms with Crippen LogP contribution in [0.25, 0.3) is 0 Å². The molecule has 1 atom stereocenters. The molecular formula is C16H12BrFINO. The van der Waals surface area contributed by atoms with Crippen LogP contribution in [0.15, 0.2) is 36.4 Å². The molecule has 1 unspecified atom stereocenters. The molecule has 2 aromatic rings. The molecule has 108 valence electrons. The zero-order chi connectivity index (χ0) is 15.0. The van der Waals surface area contributed by atoms with E-state index in [1.54, 1.807) is 6.07 Å². The van der Waals surface area contributed by atoms with Crippen LogP contribution in [0.4, 0.5) is 10.1 Å². The lowest BCUT2D eigenvalue weighted by atomic mass is 9.97. The third-order valence-corrected chi connectivity index (χ3v) is 5.51. The third kappa shape index (κ3) is 3.13. The normalized spacial score (nSPS) is 15.3. The minimum absolute atomic E-state index is 0.00734. The van der Waals surface area contributed by atoms with E-state index in [0.717, 1.165) is 32.4 Å². The molecule has 1 aliphatic rings. The molecule has 1 amide bonds. The van der Waals surface area contributed by atoms with E-state index in [0.29, 0.717) is 6.42 Å². The monoisotopic (exact) mass is 459 g/mol. The molecule has 0 radical (unpaired) electrons. The van der Waals surface area contributed by atoms with Crippen molar-refractivity contribution in [2.24, 2.45) is 0 Å². The SMILES string of the molecule is O=C1CCc2cc(C(Br)c3ccc(F)cc3I)ccc2N1. The number of nitrogens with one attached hydrogen (secondary N) is 1. The first-order valence-corrected chi connectivity index (χ1v) is 8.56. The van der Waals surface area contributed by atoms with Crippen molar-refractivity contribution in [3.05, 3.63) is 62.5 Å². The number of hydrogen-bond donors (Lipinski definition) is 1. The van der Waals surface area contributed by atoms with Gasteiger partial charge in [-0.3, -0.25) is 4.79 Å². The Hall–Kier alpha value is -0.950. The van der Waals surface area contributed by atoms with E-state index >= 15 is 0 Å². The van der Waals surface area contributed by atoms with Gasteiger partial charge in [0.1, 0.15) is 5.82 Å². The minimum atomic E-state index is -0.226. The summed E-state index contributed by atoms with van der Waals surface area (Å²) in [6.45, 7) is 0. The average Bonchev–Trinajstić information content (AvgIpc) is 2.46. The van der Waals surface area contributed by atoms with E-state index in [2.05, 4.69) is 49.9 Å². The average molecular weight is 460 g/mol. The molecule has 1 N–H and O–H groups in total. The number of halogens is 3.